The quantitative estimate of drug-likeness (QED) is 0.703. The number of fused-ring (bicyclic) bond motifs is 1. The van der Waals surface area contributed by atoms with Crippen LogP contribution < -0.4 is 0 Å². The maximum Gasteiger partial charge on any atom is 0.125 e. The molecule has 4 rings (SSSR count). The molecule has 0 fully saturated rings. The average Bonchev–Trinajstić information content (AvgIpc) is 3.11. The van der Waals surface area contributed by atoms with Crippen LogP contribution in [0.25, 0.3) is 22.6 Å². The standard InChI is InChI=1S/C22H21FN2/c23-20-15-19(21-8-11-24-22(21)16-20)7-4-12-25-13-9-18(10-14-25)17-5-2-1-3-6-17/h1-9,11,15-16,24H,10,12-14H2. The Labute approximate surface area is 147 Å². The minimum absolute atomic E-state index is 0.206. The van der Waals surface area contributed by atoms with E-state index in [1.165, 1.54) is 17.2 Å². The first-order valence-electron chi connectivity index (χ1n) is 8.69. The van der Waals surface area contributed by atoms with Crippen LogP contribution in [0.3, 0.4) is 0 Å². The van der Waals surface area contributed by atoms with E-state index in [2.05, 4.69) is 52.4 Å². The van der Waals surface area contributed by atoms with E-state index in [-0.39, 0.29) is 5.82 Å². The number of hydrogen-bond donors (Lipinski definition) is 1. The Morgan fingerprint density at radius 2 is 2.00 bits per heavy atom. The van der Waals surface area contributed by atoms with Crippen LogP contribution in [0.5, 0.6) is 0 Å². The SMILES string of the molecule is Fc1cc(C=CCN2CC=C(c3ccccc3)CC2)c2cc[nH]c2c1. The lowest BCUT2D eigenvalue weighted by molar-refractivity contribution is 0.335. The topological polar surface area (TPSA) is 19.0 Å². The summed E-state index contributed by atoms with van der Waals surface area (Å²) in [6.07, 6.45) is 9.39. The van der Waals surface area contributed by atoms with Crippen molar-refractivity contribution in [1.29, 1.82) is 0 Å². The van der Waals surface area contributed by atoms with Crippen LogP contribution in [-0.2, 0) is 0 Å². The summed E-state index contributed by atoms with van der Waals surface area (Å²) < 4.78 is 13.7. The summed E-state index contributed by atoms with van der Waals surface area (Å²) in [5.74, 6) is -0.206. The largest absolute Gasteiger partial charge is 0.361 e. The molecular weight excluding hydrogens is 311 g/mol. The van der Waals surface area contributed by atoms with E-state index < -0.39 is 0 Å². The van der Waals surface area contributed by atoms with E-state index in [0.29, 0.717) is 0 Å². The van der Waals surface area contributed by atoms with E-state index in [1.807, 2.05) is 18.3 Å². The Morgan fingerprint density at radius 3 is 2.80 bits per heavy atom. The average molecular weight is 332 g/mol. The molecule has 0 amide bonds. The molecule has 0 spiro atoms. The summed E-state index contributed by atoms with van der Waals surface area (Å²) in [6.45, 7) is 2.88. The number of nitrogens with one attached hydrogen (secondary N) is 1. The number of nitrogens with zero attached hydrogens (tertiary/aromatic N) is 1. The Balaban J connectivity index is 1.41. The van der Waals surface area contributed by atoms with Gasteiger partial charge < -0.3 is 4.98 Å². The van der Waals surface area contributed by atoms with Crippen LogP contribution >= 0.6 is 0 Å². The third kappa shape index (κ3) is 3.57. The number of hydrogen-bond acceptors (Lipinski definition) is 1. The highest BCUT2D eigenvalue weighted by Gasteiger charge is 2.11. The van der Waals surface area contributed by atoms with Crippen molar-refractivity contribution in [2.24, 2.45) is 0 Å². The zero-order chi connectivity index (χ0) is 17.1. The lowest BCUT2D eigenvalue weighted by atomic mass is 9.99. The molecule has 0 radical (unpaired) electrons. The predicted octanol–water partition coefficient (Wildman–Crippen LogP) is 5.11. The van der Waals surface area contributed by atoms with Gasteiger partial charge in [0, 0.05) is 36.7 Å². The smallest absolute Gasteiger partial charge is 0.125 e. The highest BCUT2D eigenvalue weighted by atomic mass is 19.1. The van der Waals surface area contributed by atoms with Crippen LogP contribution in [0.1, 0.15) is 17.5 Å². The van der Waals surface area contributed by atoms with Gasteiger partial charge in [0.1, 0.15) is 5.82 Å². The van der Waals surface area contributed by atoms with E-state index in [4.69, 9.17) is 0 Å². The van der Waals surface area contributed by atoms with Crippen molar-refractivity contribution in [3.63, 3.8) is 0 Å². The Morgan fingerprint density at radius 1 is 1.12 bits per heavy atom. The molecule has 2 nitrogen and oxygen atoms in total. The van der Waals surface area contributed by atoms with Gasteiger partial charge in [0.15, 0.2) is 0 Å². The third-order valence-corrected chi connectivity index (χ3v) is 4.76. The van der Waals surface area contributed by atoms with Gasteiger partial charge in [-0.05, 0) is 41.3 Å². The molecule has 0 unspecified atom stereocenters. The lowest BCUT2D eigenvalue weighted by Gasteiger charge is -2.25. The minimum atomic E-state index is -0.206. The number of aromatic nitrogens is 1. The fourth-order valence-electron chi connectivity index (χ4n) is 3.42. The van der Waals surface area contributed by atoms with Crippen LogP contribution in [0.4, 0.5) is 4.39 Å². The number of rotatable bonds is 4. The van der Waals surface area contributed by atoms with Crippen molar-refractivity contribution in [2.75, 3.05) is 19.6 Å². The molecule has 25 heavy (non-hydrogen) atoms. The summed E-state index contributed by atoms with van der Waals surface area (Å²) in [4.78, 5) is 5.47. The van der Waals surface area contributed by atoms with Gasteiger partial charge in [-0.15, -0.1) is 0 Å². The molecule has 1 aliphatic rings. The van der Waals surface area contributed by atoms with Crippen molar-refractivity contribution in [3.05, 3.63) is 83.8 Å². The normalized spacial score (nSPS) is 15.8. The van der Waals surface area contributed by atoms with Gasteiger partial charge in [0.05, 0.1) is 0 Å². The minimum Gasteiger partial charge on any atom is -0.361 e. The van der Waals surface area contributed by atoms with E-state index in [1.54, 1.807) is 6.07 Å². The van der Waals surface area contributed by atoms with Gasteiger partial charge in [-0.2, -0.15) is 0 Å². The van der Waals surface area contributed by atoms with Crippen molar-refractivity contribution < 1.29 is 4.39 Å². The zero-order valence-corrected chi connectivity index (χ0v) is 14.1. The maximum absolute atomic E-state index is 13.7. The first-order chi connectivity index (χ1) is 12.3. The van der Waals surface area contributed by atoms with Crippen LogP contribution in [0.15, 0.2) is 66.9 Å². The second kappa shape index (κ2) is 7.08. The summed E-state index contributed by atoms with van der Waals surface area (Å²) >= 11 is 0. The molecule has 2 heterocycles. The monoisotopic (exact) mass is 332 g/mol. The lowest BCUT2D eigenvalue weighted by Crippen LogP contribution is -2.28. The number of halogens is 1. The molecule has 1 N–H and O–H groups in total. The van der Waals surface area contributed by atoms with Gasteiger partial charge in [0.25, 0.3) is 0 Å². The molecule has 3 aromatic rings. The molecular formula is C22H21FN2. The van der Waals surface area contributed by atoms with E-state index >= 15 is 0 Å². The van der Waals surface area contributed by atoms with Crippen molar-refractivity contribution in [2.45, 2.75) is 6.42 Å². The van der Waals surface area contributed by atoms with Crippen LogP contribution in [-0.4, -0.2) is 29.5 Å². The molecule has 2 aromatic carbocycles. The van der Waals surface area contributed by atoms with Gasteiger partial charge in [-0.1, -0.05) is 48.6 Å². The highest BCUT2D eigenvalue weighted by Crippen LogP contribution is 2.23. The molecule has 0 bridgehead atoms. The molecule has 1 aliphatic heterocycles. The zero-order valence-electron chi connectivity index (χ0n) is 14.1. The summed E-state index contributed by atoms with van der Waals surface area (Å²) in [7, 11) is 0. The summed E-state index contributed by atoms with van der Waals surface area (Å²) in [5, 5.41) is 1.06. The van der Waals surface area contributed by atoms with E-state index in [0.717, 1.165) is 42.5 Å². The fourth-order valence-corrected chi connectivity index (χ4v) is 3.42. The van der Waals surface area contributed by atoms with E-state index in [9.17, 15) is 4.39 Å². The fraction of sp³-hybridized carbons (Fsp3) is 0.182. The molecule has 0 aliphatic carbocycles. The molecule has 0 atom stereocenters. The Hall–Kier alpha value is -2.65. The summed E-state index contributed by atoms with van der Waals surface area (Å²) in [6, 6.07) is 15.7. The molecule has 0 saturated heterocycles. The third-order valence-electron chi connectivity index (χ3n) is 4.76. The van der Waals surface area contributed by atoms with Crippen molar-refractivity contribution in [3.8, 4) is 0 Å². The number of aromatic amines is 1. The molecule has 1 aromatic heterocycles. The van der Waals surface area contributed by atoms with Gasteiger partial charge in [0.2, 0.25) is 0 Å². The number of benzene rings is 2. The first-order valence-corrected chi connectivity index (χ1v) is 8.69. The van der Waals surface area contributed by atoms with Crippen molar-refractivity contribution >= 4 is 22.6 Å². The van der Waals surface area contributed by atoms with Gasteiger partial charge in [-0.25, -0.2) is 4.39 Å². The Kier molecular flexibility index (Phi) is 4.49. The second-order valence-corrected chi connectivity index (χ2v) is 6.44. The van der Waals surface area contributed by atoms with Gasteiger partial charge >= 0.3 is 0 Å². The van der Waals surface area contributed by atoms with Crippen LogP contribution in [0, 0.1) is 5.82 Å². The predicted molar refractivity (Wildman–Crippen MR) is 103 cm³/mol. The molecule has 3 heteroatoms. The second-order valence-electron chi connectivity index (χ2n) is 6.44. The molecule has 126 valence electrons. The molecule has 0 saturated carbocycles. The maximum atomic E-state index is 13.7. The Bertz CT molecular complexity index is 922. The first kappa shape index (κ1) is 15.9. The summed E-state index contributed by atoms with van der Waals surface area (Å²) in [5.41, 5.74) is 4.52. The number of H-pyrrole nitrogens is 1. The highest BCUT2D eigenvalue weighted by molar-refractivity contribution is 5.88. The van der Waals surface area contributed by atoms with Crippen molar-refractivity contribution in [1.82, 2.24) is 9.88 Å². The van der Waals surface area contributed by atoms with Crippen LogP contribution in [0.2, 0.25) is 0 Å². The van der Waals surface area contributed by atoms with Gasteiger partial charge in [-0.3, -0.25) is 4.90 Å².